The van der Waals surface area contributed by atoms with Gasteiger partial charge in [0.05, 0.1) is 11.5 Å². The Labute approximate surface area is 154 Å². The first-order valence-electron chi connectivity index (χ1n) is 8.01. The van der Waals surface area contributed by atoms with E-state index in [4.69, 9.17) is 11.6 Å². The van der Waals surface area contributed by atoms with Crippen molar-refractivity contribution < 1.29 is 14.5 Å². The largest absolute Gasteiger partial charge is 0.325 e. The van der Waals surface area contributed by atoms with Crippen LogP contribution < -0.4 is 5.32 Å². The summed E-state index contributed by atoms with van der Waals surface area (Å²) in [6.45, 7) is 1.86. The van der Waals surface area contributed by atoms with E-state index >= 15 is 0 Å². The van der Waals surface area contributed by atoms with Crippen LogP contribution in [0.4, 0.5) is 10.5 Å². The molecule has 0 aliphatic carbocycles. The van der Waals surface area contributed by atoms with Gasteiger partial charge in [-0.25, -0.2) is 4.79 Å². The van der Waals surface area contributed by atoms with Crippen molar-refractivity contribution in [2.24, 2.45) is 0 Å². The van der Waals surface area contributed by atoms with Crippen molar-refractivity contribution in [3.63, 3.8) is 0 Å². The van der Waals surface area contributed by atoms with Gasteiger partial charge in [0, 0.05) is 17.2 Å². The van der Waals surface area contributed by atoms with E-state index in [1.54, 1.807) is 24.3 Å². The van der Waals surface area contributed by atoms with Crippen LogP contribution in [0, 0.1) is 10.1 Å². The SMILES string of the molecule is CCC1(c2ccc(Cl)cc2)NC(=O)N(Cc2ccc([N+](=O)[O-])cc2)C1=O. The molecule has 1 heterocycles. The number of nitro groups is 1. The fourth-order valence-electron chi connectivity index (χ4n) is 3.05. The first-order chi connectivity index (χ1) is 12.4. The van der Waals surface area contributed by atoms with Gasteiger partial charge in [0.1, 0.15) is 5.54 Å². The highest BCUT2D eigenvalue weighted by atomic mass is 35.5. The summed E-state index contributed by atoms with van der Waals surface area (Å²) in [7, 11) is 0. The normalized spacial score (nSPS) is 19.5. The number of rotatable bonds is 5. The third-order valence-electron chi connectivity index (χ3n) is 4.53. The lowest BCUT2D eigenvalue weighted by molar-refractivity contribution is -0.384. The molecule has 1 aliphatic heterocycles. The first kappa shape index (κ1) is 17.9. The molecule has 3 amide bonds. The van der Waals surface area contributed by atoms with Crippen LogP contribution in [0.5, 0.6) is 0 Å². The van der Waals surface area contributed by atoms with E-state index in [1.165, 1.54) is 24.3 Å². The number of hydrogen-bond donors (Lipinski definition) is 1. The zero-order valence-corrected chi connectivity index (χ0v) is 14.7. The number of imide groups is 1. The molecule has 1 saturated heterocycles. The molecule has 0 saturated carbocycles. The number of nitro benzene ring substituents is 1. The summed E-state index contributed by atoms with van der Waals surface area (Å²) in [6, 6.07) is 12.1. The van der Waals surface area contributed by atoms with Gasteiger partial charge in [0.2, 0.25) is 0 Å². The number of halogens is 1. The summed E-state index contributed by atoms with van der Waals surface area (Å²) < 4.78 is 0. The van der Waals surface area contributed by atoms with Crippen molar-refractivity contribution in [1.29, 1.82) is 0 Å². The number of carbonyl (C=O) groups is 2. The number of carbonyl (C=O) groups excluding carboxylic acids is 2. The Kier molecular flexibility index (Phi) is 4.65. The predicted octanol–water partition coefficient (Wildman–Crippen LogP) is 3.61. The van der Waals surface area contributed by atoms with Crippen molar-refractivity contribution in [3.05, 3.63) is 74.8 Å². The molecular weight excluding hydrogens is 358 g/mol. The minimum absolute atomic E-state index is 0.0397. The molecule has 2 aromatic rings. The van der Waals surface area contributed by atoms with E-state index in [-0.39, 0.29) is 18.1 Å². The van der Waals surface area contributed by atoms with E-state index in [2.05, 4.69) is 5.32 Å². The molecule has 8 heteroatoms. The molecule has 1 N–H and O–H groups in total. The first-order valence-corrected chi connectivity index (χ1v) is 8.38. The fraction of sp³-hybridized carbons (Fsp3) is 0.222. The Morgan fingerprint density at radius 1 is 1.12 bits per heavy atom. The van der Waals surface area contributed by atoms with Crippen molar-refractivity contribution >= 4 is 29.2 Å². The van der Waals surface area contributed by atoms with Gasteiger partial charge in [-0.15, -0.1) is 0 Å². The van der Waals surface area contributed by atoms with E-state index in [0.717, 1.165) is 4.90 Å². The molecule has 0 radical (unpaired) electrons. The number of non-ortho nitro benzene ring substituents is 1. The Morgan fingerprint density at radius 3 is 2.27 bits per heavy atom. The lowest BCUT2D eigenvalue weighted by Gasteiger charge is -2.25. The minimum Gasteiger partial charge on any atom is -0.319 e. The second-order valence-electron chi connectivity index (χ2n) is 6.01. The highest BCUT2D eigenvalue weighted by Gasteiger charge is 2.51. The van der Waals surface area contributed by atoms with Crippen LogP contribution in [-0.4, -0.2) is 21.8 Å². The third kappa shape index (κ3) is 3.01. The minimum atomic E-state index is -1.14. The number of amides is 3. The zero-order chi connectivity index (χ0) is 18.9. The molecule has 1 unspecified atom stereocenters. The van der Waals surface area contributed by atoms with Crippen LogP contribution in [0.3, 0.4) is 0 Å². The summed E-state index contributed by atoms with van der Waals surface area (Å²) in [6.07, 6.45) is 0.385. The van der Waals surface area contributed by atoms with Crippen molar-refractivity contribution in [1.82, 2.24) is 10.2 Å². The van der Waals surface area contributed by atoms with E-state index in [1.807, 2.05) is 6.92 Å². The van der Waals surface area contributed by atoms with Crippen molar-refractivity contribution in [3.8, 4) is 0 Å². The van der Waals surface area contributed by atoms with Crippen LogP contribution in [0.1, 0.15) is 24.5 Å². The topological polar surface area (TPSA) is 92.6 Å². The van der Waals surface area contributed by atoms with Gasteiger partial charge < -0.3 is 5.32 Å². The molecule has 7 nitrogen and oxygen atoms in total. The van der Waals surface area contributed by atoms with Gasteiger partial charge in [-0.2, -0.15) is 0 Å². The van der Waals surface area contributed by atoms with Gasteiger partial charge in [-0.1, -0.05) is 42.8 Å². The molecule has 0 bridgehead atoms. The maximum Gasteiger partial charge on any atom is 0.325 e. The Hall–Kier alpha value is -2.93. The van der Waals surface area contributed by atoms with Gasteiger partial charge in [0.25, 0.3) is 11.6 Å². The van der Waals surface area contributed by atoms with Gasteiger partial charge in [-0.05, 0) is 29.7 Å². The van der Waals surface area contributed by atoms with Crippen molar-refractivity contribution in [2.75, 3.05) is 0 Å². The summed E-state index contributed by atoms with van der Waals surface area (Å²) >= 11 is 5.91. The second kappa shape index (κ2) is 6.76. The van der Waals surface area contributed by atoms with Gasteiger partial charge in [0.15, 0.2) is 0 Å². The Bertz CT molecular complexity index is 867. The van der Waals surface area contributed by atoms with Crippen molar-refractivity contribution in [2.45, 2.75) is 25.4 Å². The molecule has 1 atom stereocenters. The number of nitrogens with zero attached hydrogens (tertiary/aromatic N) is 2. The number of benzene rings is 2. The van der Waals surface area contributed by atoms with Crippen LogP contribution in [0.2, 0.25) is 5.02 Å². The predicted molar refractivity (Wildman–Crippen MR) is 95.6 cm³/mol. The Balaban J connectivity index is 1.88. The molecule has 1 fully saturated rings. The number of nitrogens with one attached hydrogen (secondary N) is 1. The smallest absolute Gasteiger partial charge is 0.319 e. The second-order valence-corrected chi connectivity index (χ2v) is 6.45. The van der Waals surface area contributed by atoms with Gasteiger partial charge in [-0.3, -0.25) is 19.8 Å². The molecule has 26 heavy (non-hydrogen) atoms. The molecule has 1 aliphatic rings. The molecule has 3 rings (SSSR count). The maximum atomic E-state index is 13.0. The quantitative estimate of drug-likeness (QED) is 0.492. The summed E-state index contributed by atoms with van der Waals surface area (Å²) in [5.74, 6) is -0.356. The van der Waals surface area contributed by atoms with Crippen LogP contribution in [0.15, 0.2) is 48.5 Å². The van der Waals surface area contributed by atoms with E-state index in [0.29, 0.717) is 22.6 Å². The number of hydrogen-bond acceptors (Lipinski definition) is 4. The van der Waals surface area contributed by atoms with Crippen LogP contribution >= 0.6 is 11.6 Å². The molecule has 2 aromatic carbocycles. The number of urea groups is 1. The highest BCUT2D eigenvalue weighted by Crippen LogP contribution is 2.33. The molecule has 0 aromatic heterocycles. The average Bonchev–Trinajstić information content (AvgIpc) is 2.88. The standard InChI is InChI=1S/C18H16ClN3O4/c1-2-18(13-5-7-14(19)8-6-13)16(23)21(17(24)20-18)11-12-3-9-15(10-4-12)22(25)26/h3-10H,2,11H2,1H3,(H,20,24). The third-order valence-corrected chi connectivity index (χ3v) is 4.78. The Morgan fingerprint density at radius 2 is 1.73 bits per heavy atom. The monoisotopic (exact) mass is 373 g/mol. The van der Waals surface area contributed by atoms with E-state index < -0.39 is 16.5 Å². The molecule has 134 valence electrons. The maximum absolute atomic E-state index is 13.0. The lowest BCUT2D eigenvalue weighted by Crippen LogP contribution is -2.43. The highest BCUT2D eigenvalue weighted by molar-refractivity contribution is 6.30. The van der Waals surface area contributed by atoms with E-state index in [9.17, 15) is 19.7 Å². The summed E-state index contributed by atoms with van der Waals surface area (Å²) in [4.78, 5) is 36.8. The zero-order valence-electron chi connectivity index (χ0n) is 13.9. The molecular formula is C18H16ClN3O4. The van der Waals surface area contributed by atoms with Gasteiger partial charge >= 0.3 is 6.03 Å². The fourth-order valence-corrected chi connectivity index (χ4v) is 3.18. The average molecular weight is 374 g/mol. The summed E-state index contributed by atoms with van der Waals surface area (Å²) in [5.41, 5.74) is 0.105. The molecule has 0 spiro atoms. The van der Waals surface area contributed by atoms with Crippen LogP contribution in [-0.2, 0) is 16.9 Å². The summed E-state index contributed by atoms with van der Waals surface area (Å²) in [5, 5.41) is 14.1. The van der Waals surface area contributed by atoms with Crippen LogP contribution in [0.25, 0.3) is 0 Å². The lowest BCUT2D eigenvalue weighted by atomic mass is 9.87.